The number of aliphatic hydroxyl groups is 5. The first-order valence-electron chi connectivity index (χ1n) is 15.3. The molecule has 1 aliphatic heterocycles. The van der Waals surface area contributed by atoms with Gasteiger partial charge in [-0.3, -0.25) is 14.4 Å². The SMILES string of the molecule is CC(=O)N[C@@H](C1CCC1)[C@@H](O)C(=O)OC1C[C@@]2(O)[C@@H](OC(C)=O)[C@@H]3[C@]4(O)CO[C@@H]4C[C@H](O)[C@@]3(C)C(=O)[C@H](O)C(=C1C)C2(C)C. The van der Waals surface area contributed by atoms with Crippen LogP contribution in [0.4, 0.5) is 0 Å². The van der Waals surface area contributed by atoms with E-state index in [9.17, 15) is 44.7 Å². The van der Waals surface area contributed by atoms with Crippen molar-refractivity contribution in [3.8, 4) is 0 Å². The Morgan fingerprint density at radius 1 is 1.07 bits per heavy atom. The summed E-state index contributed by atoms with van der Waals surface area (Å²) in [5.41, 5.74) is -7.08. The van der Waals surface area contributed by atoms with Gasteiger partial charge in [-0.25, -0.2) is 4.79 Å². The molecular formula is C31H45NO12. The molecular weight excluding hydrogens is 578 g/mol. The first-order valence-corrected chi connectivity index (χ1v) is 15.3. The smallest absolute Gasteiger partial charge is 0.337 e. The van der Waals surface area contributed by atoms with Crippen LogP contribution < -0.4 is 5.32 Å². The molecule has 13 heteroatoms. The number of fused-ring (bicyclic) bond motifs is 5. The fraction of sp³-hybridized carbons (Fsp3) is 0.806. The second kappa shape index (κ2) is 10.8. The van der Waals surface area contributed by atoms with Gasteiger partial charge in [0.1, 0.15) is 29.5 Å². The van der Waals surface area contributed by atoms with Crippen LogP contribution >= 0.6 is 0 Å². The lowest BCUT2D eigenvalue weighted by Gasteiger charge is -2.66. The molecule has 0 aromatic carbocycles. The molecule has 13 nitrogen and oxygen atoms in total. The van der Waals surface area contributed by atoms with Crippen LogP contribution in [0.1, 0.15) is 73.6 Å². The average Bonchev–Trinajstić information content (AvgIpc) is 2.89. The van der Waals surface area contributed by atoms with Gasteiger partial charge >= 0.3 is 11.9 Å². The van der Waals surface area contributed by atoms with Crippen LogP contribution in [0.3, 0.4) is 0 Å². The molecule has 1 heterocycles. The zero-order chi connectivity index (χ0) is 32.7. The van der Waals surface area contributed by atoms with E-state index >= 15 is 0 Å². The van der Waals surface area contributed by atoms with Crippen molar-refractivity contribution in [1.82, 2.24) is 5.32 Å². The molecule has 44 heavy (non-hydrogen) atoms. The summed E-state index contributed by atoms with van der Waals surface area (Å²) in [4.78, 5) is 52.2. The lowest BCUT2D eigenvalue weighted by atomic mass is 9.45. The Morgan fingerprint density at radius 2 is 1.70 bits per heavy atom. The summed E-state index contributed by atoms with van der Waals surface area (Å²) in [6.07, 6.45) is -7.14. The van der Waals surface area contributed by atoms with Crippen molar-refractivity contribution in [1.29, 1.82) is 0 Å². The van der Waals surface area contributed by atoms with E-state index in [0.717, 1.165) is 13.3 Å². The van der Waals surface area contributed by atoms with E-state index < -0.39 is 101 Å². The van der Waals surface area contributed by atoms with Crippen LogP contribution in [-0.4, -0.2) is 110 Å². The third-order valence-corrected chi connectivity index (χ3v) is 11.5. The third kappa shape index (κ3) is 4.57. The second-order valence-corrected chi connectivity index (χ2v) is 14.2. The largest absolute Gasteiger partial charge is 0.459 e. The average molecular weight is 624 g/mol. The van der Waals surface area contributed by atoms with Crippen LogP contribution in [0, 0.1) is 22.7 Å². The molecule has 0 aromatic rings. The zero-order valence-electron chi connectivity index (χ0n) is 26.0. The van der Waals surface area contributed by atoms with Crippen LogP contribution in [0.15, 0.2) is 11.1 Å². The molecule has 1 amide bonds. The zero-order valence-corrected chi connectivity index (χ0v) is 26.0. The van der Waals surface area contributed by atoms with Crippen molar-refractivity contribution in [2.24, 2.45) is 22.7 Å². The van der Waals surface area contributed by atoms with Gasteiger partial charge in [0.25, 0.3) is 0 Å². The van der Waals surface area contributed by atoms with E-state index in [2.05, 4.69) is 5.32 Å². The molecule has 2 bridgehead atoms. The minimum Gasteiger partial charge on any atom is -0.459 e. The third-order valence-electron chi connectivity index (χ3n) is 11.5. The number of hydrogen-bond acceptors (Lipinski definition) is 12. The number of rotatable bonds is 6. The van der Waals surface area contributed by atoms with Crippen LogP contribution in [0.2, 0.25) is 0 Å². The number of carbonyl (C=O) groups excluding carboxylic acids is 4. The fourth-order valence-electron chi connectivity index (χ4n) is 8.64. The number of ketones is 1. The number of carbonyl (C=O) groups is 4. The summed E-state index contributed by atoms with van der Waals surface area (Å²) in [5.74, 6) is -4.74. The minimum atomic E-state index is -2.17. The van der Waals surface area contributed by atoms with Crippen molar-refractivity contribution in [2.45, 2.75) is 128 Å². The van der Waals surface area contributed by atoms with Crippen molar-refractivity contribution in [3.63, 3.8) is 0 Å². The fourth-order valence-corrected chi connectivity index (χ4v) is 8.64. The maximum atomic E-state index is 14.3. The van der Waals surface area contributed by atoms with Crippen LogP contribution in [0.5, 0.6) is 0 Å². The van der Waals surface area contributed by atoms with Gasteiger partial charge in [-0.2, -0.15) is 0 Å². The second-order valence-electron chi connectivity index (χ2n) is 14.2. The van der Waals surface area contributed by atoms with Gasteiger partial charge in [0, 0.05) is 38.0 Å². The summed E-state index contributed by atoms with van der Waals surface area (Å²) < 4.78 is 17.1. The lowest BCUT2D eigenvalue weighted by molar-refractivity contribution is -0.345. The Hall–Kier alpha value is -2.42. The maximum Gasteiger partial charge on any atom is 0.337 e. The van der Waals surface area contributed by atoms with E-state index in [1.54, 1.807) is 13.8 Å². The summed E-state index contributed by atoms with van der Waals surface area (Å²) in [6.45, 7) is 8.19. The van der Waals surface area contributed by atoms with Gasteiger partial charge in [0.05, 0.1) is 30.3 Å². The van der Waals surface area contributed by atoms with E-state index in [1.165, 1.54) is 20.8 Å². The van der Waals surface area contributed by atoms with E-state index in [4.69, 9.17) is 14.2 Å². The number of hydrogen-bond donors (Lipinski definition) is 6. The molecule has 4 fully saturated rings. The van der Waals surface area contributed by atoms with E-state index in [1.807, 2.05) is 0 Å². The van der Waals surface area contributed by atoms with E-state index in [0.29, 0.717) is 12.8 Å². The Balaban J connectivity index is 1.62. The highest BCUT2D eigenvalue weighted by molar-refractivity contribution is 5.93. The standard InChI is InChI=1S/C31H45NO12/c1-13-17(44-27(39)23(37)21(32-14(2)33)16-8-7-9-16)11-31(41)26(43-15(3)34)24-29(6,18(35)10-19-30(24,40)12-42-19)25(38)22(36)20(13)28(31,4)5/h16-19,21-24,26,35-37,40-41H,7-12H2,1-6H3,(H,32,33)/t17?,18-,19+,21-,22+,23+,24-,26-,29+,30-,31+/m0/s1. The van der Waals surface area contributed by atoms with Gasteiger partial charge in [-0.05, 0) is 43.8 Å². The number of nitrogens with one attached hydrogen (secondary N) is 1. The first-order chi connectivity index (χ1) is 20.3. The van der Waals surface area contributed by atoms with Gasteiger partial charge in [-0.15, -0.1) is 0 Å². The first kappa shape index (κ1) is 33.0. The highest BCUT2D eigenvalue weighted by Crippen LogP contribution is 2.63. The van der Waals surface area contributed by atoms with Gasteiger partial charge < -0.3 is 45.1 Å². The minimum absolute atomic E-state index is 0.0175. The number of esters is 2. The predicted molar refractivity (Wildman–Crippen MR) is 150 cm³/mol. The Morgan fingerprint density at radius 3 is 2.20 bits per heavy atom. The number of ether oxygens (including phenoxy) is 3. The maximum absolute atomic E-state index is 14.3. The Kier molecular flexibility index (Phi) is 8.12. The molecule has 4 aliphatic carbocycles. The molecule has 1 saturated heterocycles. The van der Waals surface area contributed by atoms with Crippen LogP contribution in [0.25, 0.3) is 0 Å². The van der Waals surface area contributed by atoms with Crippen LogP contribution in [-0.2, 0) is 33.4 Å². The number of Topliss-reactive ketones (excluding diaryl/α,β-unsaturated/α-hetero) is 1. The van der Waals surface area contributed by atoms with Crippen molar-refractivity contribution >= 4 is 23.6 Å². The van der Waals surface area contributed by atoms with E-state index in [-0.39, 0.29) is 30.1 Å². The molecule has 6 N–H and O–H groups in total. The Labute approximate surface area is 255 Å². The number of aliphatic hydroxyl groups excluding tert-OH is 3. The van der Waals surface area contributed by atoms with Gasteiger partial charge in [0.2, 0.25) is 5.91 Å². The molecule has 5 rings (SSSR count). The molecule has 3 saturated carbocycles. The molecule has 11 atom stereocenters. The molecule has 0 radical (unpaired) electrons. The highest BCUT2D eigenvalue weighted by Gasteiger charge is 2.76. The number of amides is 1. The molecule has 246 valence electrons. The quantitative estimate of drug-likeness (QED) is 0.162. The van der Waals surface area contributed by atoms with Crippen molar-refractivity contribution in [2.75, 3.05) is 6.61 Å². The summed E-state index contributed by atoms with van der Waals surface area (Å²) in [6, 6.07) is -0.898. The summed E-state index contributed by atoms with van der Waals surface area (Å²) in [5, 5.41) is 61.4. The highest BCUT2D eigenvalue weighted by atomic mass is 16.6. The monoisotopic (exact) mass is 623 g/mol. The predicted octanol–water partition coefficient (Wildman–Crippen LogP) is -0.566. The topological polar surface area (TPSA) is 209 Å². The van der Waals surface area contributed by atoms with Crippen molar-refractivity contribution in [3.05, 3.63) is 11.1 Å². The van der Waals surface area contributed by atoms with Gasteiger partial charge in [-0.1, -0.05) is 20.3 Å². The molecule has 0 spiro atoms. The molecule has 5 aliphatic rings. The lowest BCUT2D eigenvalue weighted by Crippen LogP contribution is -2.81. The molecule has 0 aromatic heterocycles. The normalized spacial score (nSPS) is 42.7. The summed E-state index contributed by atoms with van der Waals surface area (Å²) in [7, 11) is 0. The Bertz CT molecular complexity index is 1280. The van der Waals surface area contributed by atoms with Crippen molar-refractivity contribution < 1.29 is 58.9 Å². The molecule has 1 unspecified atom stereocenters. The van der Waals surface area contributed by atoms with Gasteiger partial charge in [0.15, 0.2) is 11.9 Å². The summed E-state index contributed by atoms with van der Waals surface area (Å²) >= 11 is 0.